The molecule has 0 saturated carbocycles. The van der Waals surface area contributed by atoms with E-state index in [4.69, 9.17) is 19.7 Å². The summed E-state index contributed by atoms with van der Waals surface area (Å²) in [5, 5.41) is 1.11. The Bertz CT molecular complexity index is 1410. The Morgan fingerprint density at radius 1 is 1.00 bits per heavy atom. The lowest BCUT2D eigenvalue weighted by molar-refractivity contribution is 0.0987. The van der Waals surface area contributed by atoms with Crippen LogP contribution in [0.4, 0.5) is 5.82 Å². The summed E-state index contributed by atoms with van der Waals surface area (Å²) in [5.74, 6) is 1.55. The first kappa shape index (κ1) is 18.9. The van der Waals surface area contributed by atoms with E-state index in [-0.39, 0.29) is 6.04 Å². The van der Waals surface area contributed by atoms with Gasteiger partial charge in [0.1, 0.15) is 5.52 Å². The number of aromatic amines is 1. The SMILES string of the molecule is C[C@@H]1COCCN1c1nc(-c2cccc3[nH]ccc23)nc2ccc(-c3ccncc3)nc12. The molecule has 0 bridgehead atoms. The molecule has 1 aromatic carbocycles. The average molecular weight is 422 g/mol. The Morgan fingerprint density at radius 3 is 2.78 bits per heavy atom. The first-order valence-corrected chi connectivity index (χ1v) is 10.8. The van der Waals surface area contributed by atoms with E-state index in [1.54, 1.807) is 12.4 Å². The topological polar surface area (TPSA) is 79.8 Å². The summed E-state index contributed by atoms with van der Waals surface area (Å²) >= 11 is 0. The van der Waals surface area contributed by atoms with Crippen LogP contribution in [-0.4, -0.2) is 50.7 Å². The normalized spacial score (nSPS) is 16.7. The lowest BCUT2D eigenvalue weighted by Crippen LogP contribution is -2.44. The summed E-state index contributed by atoms with van der Waals surface area (Å²) in [5.41, 5.74) is 5.60. The molecule has 1 aliphatic rings. The van der Waals surface area contributed by atoms with Crippen molar-refractivity contribution in [2.24, 2.45) is 0 Å². The summed E-state index contributed by atoms with van der Waals surface area (Å²) in [6, 6.07) is 16.4. The predicted molar refractivity (Wildman–Crippen MR) is 125 cm³/mol. The van der Waals surface area contributed by atoms with Crippen LogP contribution in [-0.2, 0) is 4.74 Å². The van der Waals surface area contributed by atoms with Crippen LogP contribution in [0.5, 0.6) is 0 Å². The molecular formula is C25H22N6O. The summed E-state index contributed by atoms with van der Waals surface area (Å²) in [4.78, 5) is 24.7. The molecule has 6 rings (SSSR count). The van der Waals surface area contributed by atoms with Crippen molar-refractivity contribution < 1.29 is 4.74 Å². The molecule has 5 heterocycles. The van der Waals surface area contributed by atoms with Crippen LogP contribution in [0.1, 0.15) is 6.92 Å². The van der Waals surface area contributed by atoms with Gasteiger partial charge in [-0.3, -0.25) is 4.98 Å². The number of nitrogens with one attached hydrogen (secondary N) is 1. The number of nitrogens with zero attached hydrogens (tertiary/aromatic N) is 5. The quantitative estimate of drug-likeness (QED) is 0.462. The van der Waals surface area contributed by atoms with Gasteiger partial charge in [-0.1, -0.05) is 12.1 Å². The number of hydrogen-bond donors (Lipinski definition) is 1. The molecule has 5 aromatic rings. The number of pyridine rings is 2. The van der Waals surface area contributed by atoms with Crippen molar-refractivity contribution in [2.45, 2.75) is 13.0 Å². The molecule has 0 unspecified atom stereocenters. The second kappa shape index (κ2) is 7.69. The highest BCUT2D eigenvalue weighted by molar-refractivity contribution is 5.96. The molecule has 1 aliphatic heterocycles. The zero-order valence-corrected chi connectivity index (χ0v) is 17.7. The number of hydrogen-bond acceptors (Lipinski definition) is 6. The Hall–Kier alpha value is -3.84. The molecule has 32 heavy (non-hydrogen) atoms. The van der Waals surface area contributed by atoms with Gasteiger partial charge < -0.3 is 14.6 Å². The van der Waals surface area contributed by atoms with Crippen molar-refractivity contribution in [1.82, 2.24) is 24.9 Å². The monoisotopic (exact) mass is 422 g/mol. The molecular weight excluding hydrogens is 400 g/mol. The maximum atomic E-state index is 5.68. The molecule has 158 valence electrons. The minimum absolute atomic E-state index is 0.198. The van der Waals surface area contributed by atoms with Gasteiger partial charge in [0, 0.05) is 47.2 Å². The van der Waals surface area contributed by atoms with Gasteiger partial charge >= 0.3 is 0 Å². The number of morpholine rings is 1. The lowest BCUT2D eigenvalue weighted by Gasteiger charge is -2.34. The highest BCUT2D eigenvalue weighted by atomic mass is 16.5. The van der Waals surface area contributed by atoms with Gasteiger partial charge in [0.2, 0.25) is 0 Å². The predicted octanol–water partition coefficient (Wildman–Crippen LogP) is 4.46. The van der Waals surface area contributed by atoms with Crippen molar-refractivity contribution in [3.05, 3.63) is 67.1 Å². The second-order valence-electron chi connectivity index (χ2n) is 8.03. The molecule has 7 nitrogen and oxygen atoms in total. The first-order chi connectivity index (χ1) is 15.8. The largest absolute Gasteiger partial charge is 0.377 e. The lowest BCUT2D eigenvalue weighted by atomic mass is 10.1. The zero-order chi connectivity index (χ0) is 21.5. The van der Waals surface area contributed by atoms with Crippen molar-refractivity contribution in [3.63, 3.8) is 0 Å². The van der Waals surface area contributed by atoms with Gasteiger partial charge in [0.15, 0.2) is 11.6 Å². The van der Waals surface area contributed by atoms with Crippen LogP contribution in [0.15, 0.2) is 67.1 Å². The number of benzene rings is 1. The smallest absolute Gasteiger partial charge is 0.162 e. The van der Waals surface area contributed by atoms with Crippen molar-refractivity contribution in [3.8, 4) is 22.6 Å². The van der Waals surface area contributed by atoms with E-state index < -0.39 is 0 Å². The molecule has 1 fully saturated rings. The van der Waals surface area contributed by atoms with E-state index in [0.29, 0.717) is 19.0 Å². The Balaban J connectivity index is 1.59. The van der Waals surface area contributed by atoms with E-state index in [1.165, 1.54) is 0 Å². The van der Waals surface area contributed by atoms with E-state index >= 15 is 0 Å². The van der Waals surface area contributed by atoms with Crippen molar-refractivity contribution in [1.29, 1.82) is 0 Å². The van der Waals surface area contributed by atoms with Gasteiger partial charge in [-0.2, -0.15) is 0 Å². The highest BCUT2D eigenvalue weighted by Gasteiger charge is 2.25. The molecule has 4 aromatic heterocycles. The Kier molecular flexibility index (Phi) is 4.54. The van der Waals surface area contributed by atoms with Crippen LogP contribution < -0.4 is 4.90 Å². The van der Waals surface area contributed by atoms with E-state index in [2.05, 4.69) is 40.0 Å². The molecule has 0 aliphatic carbocycles. The Labute approximate surface area is 185 Å². The molecule has 1 atom stereocenters. The first-order valence-electron chi connectivity index (χ1n) is 10.8. The van der Waals surface area contributed by atoms with Gasteiger partial charge in [-0.25, -0.2) is 15.0 Å². The molecule has 1 N–H and O–H groups in total. The fourth-order valence-electron chi connectivity index (χ4n) is 4.33. The number of ether oxygens (including phenoxy) is 1. The van der Waals surface area contributed by atoms with Crippen LogP contribution in [0.3, 0.4) is 0 Å². The minimum atomic E-state index is 0.198. The number of fused-ring (bicyclic) bond motifs is 2. The summed E-state index contributed by atoms with van der Waals surface area (Å²) in [6.45, 7) is 4.26. The van der Waals surface area contributed by atoms with Crippen LogP contribution >= 0.6 is 0 Å². The van der Waals surface area contributed by atoms with Crippen molar-refractivity contribution in [2.75, 3.05) is 24.7 Å². The van der Waals surface area contributed by atoms with E-state index in [9.17, 15) is 0 Å². The van der Waals surface area contributed by atoms with Gasteiger partial charge in [-0.15, -0.1) is 0 Å². The minimum Gasteiger partial charge on any atom is -0.377 e. The van der Waals surface area contributed by atoms with Gasteiger partial charge in [0.05, 0.1) is 30.5 Å². The fraction of sp³-hybridized carbons (Fsp3) is 0.200. The summed E-state index contributed by atoms with van der Waals surface area (Å²) < 4.78 is 5.68. The number of anilines is 1. The second-order valence-corrected chi connectivity index (χ2v) is 8.03. The van der Waals surface area contributed by atoms with E-state index in [0.717, 1.165) is 51.1 Å². The third kappa shape index (κ3) is 3.18. The fourth-order valence-corrected chi connectivity index (χ4v) is 4.33. The highest BCUT2D eigenvalue weighted by Crippen LogP contribution is 2.33. The van der Waals surface area contributed by atoms with Crippen LogP contribution in [0.25, 0.3) is 44.6 Å². The summed E-state index contributed by atoms with van der Waals surface area (Å²) in [6.07, 6.45) is 5.51. The van der Waals surface area contributed by atoms with Crippen molar-refractivity contribution >= 4 is 27.8 Å². The summed E-state index contributed by atoms with van der Waals surface area (Å²) in [7, 11) is 0. The van der Waals surface area contributed by atoms with Gasteiger partial charge in [0.25, 0.3) is 0 Å². The standard InChI is InChI=1S/C25H22N6O/c1-16-15-32-14-13-31(16)25-23-22(6-5-20(28-23)17-7-10-26-11-8-17)29-24(30-25)19-3-2-4-21-18(19)9-12-27-21/h2-12,16,27H,13-15H2,1H3/t16-/m1/s1. The maximum Gasteiger partial charge on any atom is 0.162 e. The number of H-pyrrole nitrogens is 1. The number of rotatable bonds is 3. The average Bonchev–Trinajstić information content (AvgIpc) is 3.33. The maximum absolute atomic E-state index is 5.68. The molecule has 0 amide bonds. The van der Waals surface area contributed by atoms with Crippen LogP contribution in [0.2, 0.25) is 0 Å². The van der Waals surface area contributed by atoms with E-state index in [1.807, 2.05) is 36.5 Å². The third-order valence-corrected chi connectivity index (χ3v) is 5.98. The zero-order valence-electron chi connectivity index (χ0n) is 17.7. The molecule has 7 heteroatoms. The number of aromatic nitrogens is 5. The Morgan fingerprint density at radius 2 is 1.91 bits per heavy atom. The molecule has 0 spiro atoms. The molecule has 0 radical (unpaired) electrons. The van der Waals surface area contributed by atoms with Gasteiger partial charge in [-0.05, 0) is 43.3 Å². The van der Waals surface area contributed by atoms with Crippen LogP contribution in [0, 0.1) is 0 Å². The molecule has 1 saturated heterocycles. The third-order valence-electron chi connectivity index (χ3n) is 5.98.